The van der Waals surface area contributed by atoms with Gasteiger partial charge in [0, 0.05) is 19.3 Å². The Balaban J connectivity index is 4.53. The summed E-state index contributed by atoms with van der Waals surface area (Å²) in [5.41, 5.74) is 0. The van der Waals surface area contributed by atoms with Gasteiger partial charge in [-0.15, -0.1) is 0 Å². The number of rotatable bonds is 40. The van der Waals surface area contributed by atoms with Gasteiger partial charge in [-0.3, -0.25) is 14.4 Å². The molecule has 59 heavy (non-hydrogen) atoms. The lowest BCUT2D eigenvalue weighted by Gasteiger charge is -2.18. The maximum atomic E-state index is 12.7. The molecule has 0 aromatic carbocycles. The highest BCUT2D eigenvalue weighted by Crippen LogP contribution is 2.13. The third kappa shape index (κ3) is 45.0. The van der Waals surface area contributed by atoms with Gasteiger partial charge in [0.25, 0.3) is 0 Å². The minimum Gasteiger partial charge on any atom is -0.462 e. The zero-order valence-corrected chi connectivity index (χ0v) is 37.7. The molecule has 332 valence electrons. The summed E-state index contributed by atoms with van der Waals surface area (Å²) >= 11 is 0. The largest absolute Gasteiger partial charge is 0.462 e. The molecule has 1 atom stereocenters. The van der Waals surface area contributed by atoms with E-state index in [0.717, 1.165) is 89.9 Å². The maximum absolute atomic E-state index is 12.7. The third-order valence-electron chi connectivity index (χ3n) is 9.38. The van der Waals surface area contributed by atoms with E-state index in [4.69, 9.17) is 14.2 Å². The average molecular weight is 817 g/mol. The molecule has 0 saturated carbocycles. The van der Waals surface area contributed by atoms with Crippen LogP contribution in [0.5, 0.6) is 0 Å². The van der Waals surface area contributed by atoms with Crippen molar-refractivity contribution in [2.24, 2.45) is 0 Å². The number of unbranched alkanes of at least 4 members (excludes halogenated alkanes) is 15. The Morgan fingerprint density at radius 1 is 0.356 bits per heavy atom. The number of allylic oxidation sites excluding steroid dienone is 18. The molecule has 0 heterocycles. The predicted octanol–water partition coefficient (Wildman–Crippen LogP) is 15.2. The van der Waals surface area contributed by atoms with Gasteiger partial charge in [0.05, 0.1) is 0 Å². The second-order valence-electron chi connectivity index (χ2n) is 15.0. The highest BCUT2D eigenvalue weighted by molar-refractivity contribution is 5.71. The van der Waals surface area contributed by atoms with Gasteiger partial charge in [-0.05, 0) is 83.5 Å². The molecular formula is C53H84O6. The normalized spacial score (nSPS) is 13.1. The molecule has 1 unspecified atom stereocenters. The summed E-state index contributed by atoms with van der Waals surface area (Å²) in [5, 5.41) is 0. The Morgan fingerprint density at radius 3 is 1.19 bits per heavy atom. The van der Waals surface area contributed by atoms with E-state index in [9.17, 15) is 14.4 Å². The first-order chi connectivity index (χ1) is 29.0. The van der Waals surface area contributed by atoms with E-state index in [1.54, 1.807) is 0 Å². The van der Waals surface area contributed by atoms with Crippen LogP contribution in [0, 0.1) is 0 Å². The van der Waals surface area contributed by atoms with Gasteiger partial charge in [-0.2, -0.15) is 0 Å². The highest BCUT2D eigenvalue weighted by Gasteiger charge is 2.19. The smallest absolute Gasteiger partial charge is 0.306 e. The summed E-state index contributed by atoms with van der Waals surface area (Å²) in [5.74, 6) is -1.01. The van der Waals surface area contributed by atoms with Crippen molar-refractivity contribution in [3.05, 3.63) is 109 Å². The summed E-state index contributed by atoms with van der Waals surface area (Å²) in [4.78, 5) is 37.8. The molecule has 0 bridgehead atoms. The molecule has 0 spiro atoms. The van der Waals surface area contributed by atoms with E-state index in [-0.39, 0.29) is 37.5 Å². The molecule has 0 fully saturated rings. The number of carbonyl (C=O) groups is 3. The molecule has 0 aliphatic carbocycles. The summed E-state index contributed by atoms with van der Waals surface area (Å²) in [6.07, 6.45) is 62.2. The van der Waals surface area contributed by atoms with E-state index in [1.807, 2.05) is 54.7 Å². The standard InChI is InChI=1S/C53H84O6/c1-4-7-10-13-16-19-22-25-28-31-34-37-40-43-46-52(55)58-49-50(48-57-51(54)45-42-39-36-33-30-27-24-21-18-15-12-9-6-3)59-53(56)47-44-41-38-35-32-29-26-23-20-17-14-11-8-5-2/h7-12,15-21,24,27,30,33,36,50H,4-6,13-14,22-23,25-26,28-29,31-32,34-35,37-49H2,1-3H3/b10-7+,11-8+,12-9+,18-15+,19-16+,20-17+,24-21+,30-27+,36-33+. The van der Waals surface area contributed by atoms with Crippen molar-refractivity contribution in [3.8, 4) is 0 Å². The number of hydrogen-bond donors (Lipinski definition) is 0. The van der Waals surface area contributed by atoms with Crippen molar-refractivity contribution in [1.29, 1.82) is 0 Å². The van der Waals surface area contributed by atoms with Crippen LogP contribution in [0.2, 0.25) is 0 Å². The molecule has 0 rings (SSSR count). The fraction of sp³-hybridized carbons (Fsp3) is 0.604. The molecule has 6 nitrogen and oxygen atoms in total. The number of ether oxygens (including phenoxy) is 3. The van der Waals surface area contributed by atoms with Crippen molar-refractivity contribution in [3.63, 3.8) is 0 Å². The number of carbonyl (C=O) groups excluding carboxylic acids is 3. The van der Waals surface area contributed by atoms with Crippen molar-refractivity contribution in [2.45, 2.75) is 194 Å². The van der Waals surface area contributed by atoms with Crippen molar-refractivity contribution in [2.75, 3.05) is 13.2 Å². The molecule has 0 aromatic rings. The van der Waals surface area contributed by atoms with Crippen LogP contribution in [0.4, 0.5) is 0 Å². The van der Waals surface area contributed by atoms with Gasteiger partial charge in [-0.25, -0.2) is 0 Å². The molecule has 0 N–H and O–H groups in total. The van der Waals surface area contributed by atoms with Crippen LogP contribution in [-0.4, -0.2) is 37.2 Å². The second-order valence-corrected chi connectivity index (χ2v) is 15.0. The zero-order valence-electron chi connectivity index (χ0n) is 37.7. The van der Waals surface area contributed by atoms with Crippen LogP contribution < -0.4 is 0 Å². The molecule has 0 aliphatic heterocycles. The Hall–Kier alpha value is -3.93. The lowest BCUT2D eigenvalue weighted by molar-refractivity contribution is -0.167. The predicted molar refractivity (Wildman–Crippen MR) is 251 cm³/mol. The van der Waals surface area contributed by atoms with Crippen LogP contribution in [-0.2, 0) is 28.6 Å². The quantitative estimate of drug-likeness (QED) is 0.0201. The van der Waals surface area contributed by atoms with Crippen molar-refractivity contribution >= 4 is 17.9 Å². The van der Waals surface area contributed by atoms with Gasteiger partial charge >= 0.3 is 17.9 Å². The minimum atomic E-state index is -0.814. The summed E-state index contributed by atoms with van der Waals surface area (Å²) < 4.78 is 16.7. The summed E-state index contributed by atoms with van der Waals surface area (Å²) in [6.45, 7) is 6.18. The van der Waals surface area contributed by atoms with E-state index in [2.05, 4.69) is 75.5 Å². The molecule has 0 aliphatic rings. The SMILES string of the molecule is CC/C=C/C=C/C=C/C=C/C=C/CCCC(=O)OCC(COC(=O)CCCCCCCCC/C=C/C/C=C/CC)OC(=O)CCCCCCCCC/C=C/C/C=C/CC. The van der Waals surface area contributed by atoms with E-state index >= 15 is 0 Å². The van der Waals surface area contributed by atoms with Crippen LogP contribution in [0.15, 0.2) is 109 Å². The van der Waals surface area contributed by atoms with E-state index < -0.39 is 6.10 Å². The first-order valence-corrected chi connectivity index (χ1v) is 23.5. The van der Waals surface area contributed by atoms with Gasteiger partial charge in [0.1, 0.15) is 13.2 Å². The minimum absolute atomic E-state index is 0.111. The Bertz CT molecular complexity index is 1260. The maximum Gasteiger partial charge on any atom is 0.306 e. The Morgan fingerprint density at radius 2 is 0.712 bits per heavy atom. The van der Waals surface area contributed by atoms with Gasteiger partial charge in [-0.1, -0.05) is 194 Å². The fourth-order valence-electron chi connectivity index (χ4n) is 5.96. The molecule has 0 aromatic heterocycles. The van der Waals surface area contributed by atoms with Crippen LogP contribution >= 0.6 is 0 Å². The summed E-state index contributed by atoms with van der Waals surface area (Å²) in [7, 11) is 0. The summed E-state index contributed by atoms with van der Waals surface area (Å²) in [6, 6.07) is 0. The first-order valence-electron chi connectivity index (χ1n) is 23.5. The molecule has 0 radical (unpaired) electrons. The van der Waals surface area contributed by atoms with Crippen LogP contribution in [0.3, 0.4) is 0 Å². The van der Waals surface area contributed by atoms with Crippen molar-refractivity contribution in [1.82, 2.24) is 0 Å². The number of esters is 3. The lowest BCUT2D eigenvalue weighted by Crippen LogP contribution is -2.30. The molecule has 0 saturated heterocycles. The van der Waals surface area contributed by atoms with E-state index in [0.29, 0.717) is 19.3 Å². The fourth-order valence-corrected chi connectivity index (χ4v) is 5.96. The van der Waals surface area contributed by atoms with Crippen molar-refractivity contribution < 1.29 is 28.6 Å². The molecule has 6 heteroatoms. The van der Waals surface area contributed by atoms with Gasteiger partial charge in [0.2, 0.25) is 0 Å². The topological polar surface area (TPSA) is 78.9 Å². The second kappa shape index (κ2) is 46.8. The molecular weight excluding hydrogens is 733 g/mol. The first kappa shape index (κ1) is 55.1. The van der Waals surface area contributed by atoms with Crippen LogP contribution in [0.25, 0.3) is 0 Å². The Labute approximate surface area is 361 Å². The van der Waals surface area contributed by atoms with Gasteiger partial charge < -0.3 is 14.2 Å². The zero-order chi connectivity index (χ0) is 43.0. The molecule has 0 amide bonds. The van der Waals surface area contributed by atoms with E-state index in [1.165, 1.54) is 51.4 Å². The van der Waals surface area contributed by atoms with Crippen LogP contribution in [0.1, 0.15) is 188 Å². The third-order valence-corrected chi connectivity index (χ3v) is 9.38. The monoisotopic (exact) mass is 817 g/mol. The Kier molecular flexibility index (Phi) is 43.6. The lowest BCUT2D eigenvalue weighted by atomic mass is 10.1. The average Bonchev–Trinajstić information content (AvgIpc) is 3.23. The number of hydrogen-bond acceptors (Lipinski definition) is 6. The highest BCUT2D eigenvalue weighted by atomic mass is 16.6. The van der Waals surface area contributed by atoms with Gasteiger partial charge in [0.15, 0.2) is 6.10 Å².